The van der Waals surface area contributed by atoms with E-state index in [0.29, 0.717) is 11.4 Å². The highest BCUT2D eigenvalue weighted by atomic mass is 16.4. The molecule has 0 unspecified atom stereocenters. The molecule has 0 fully saturated rings. The zero-order chi connectivity index (χ0) is 19.7. The van der Waals surface area contributed by atoms with E-state index in [1.165, 1.54) is 23.7 Å². The molecule has 3 aromatic rings. The number of carbonyl (C=O) groups is 1. The van der Waals surface area contributed by atoms with Crippen LogP contribution in [0, 0.1) is 20.8 Å². The molecule has 0 spiro atoms. The summed E-state index contributed by atoms with van der Waals surface area (Å²) in [5, 5.41) is 41.9. The Balaban J connectivity index is 1.98. The number of rotatable bonds is 4. The molecule has 27 heavy (non-hydrogen) atoms. The standard InChI is InChI=1S/C19H18N4O4/c1-10-4-6-13(7-5-10)23-18(25)16(12(3)22-23)21-20-15-9-8-14(19(26)27)11(2)17(15)24/h4-9,24-25H,1-3H3,(H,26,27). The fraction of sp³-hybridized carbons (Fsp3) is 0.158. The van der Waals surface area contributed by atoms with Crippen LogP contribution in [0.4, 0.5) is 11.4 Å². The highest BCUT2D eigenvalue weighted by Crippen LogP contribution is 2.37. The molecule has 3 rings (SSSR count). The molecular weight excluding hydrogens is 348 g/mol. The lowest BCUT2D eigenvalue weighted by Crippen LogP contribution is -1.99. The number of benzene rings is 2. The number of aromatic hydroxyl groups is 2. The van der Waals surface area contributed by atoms with Gasteiger partial charge in [0.15, 0.2) is 5.69 Å². The van der Waals surface area contributed by atoms with Crippen molar-refractivity contribution in [1.82, 2.24) is 9.78 Å². The van der Waals surface area contributed by atoms with Crippen molar-refractivity contribution in [2.24, 2.45) is 10.2 Å². The number of aryl methyl sites for hydroxylation is 2. The van der Waals surface area contributed by atoms with Gasteiger partial charge in [0.05, 0.1) is 16.9 Å². The van der Waals surface area contributed by atoms with E-state index in [0.717, 1.165) is 5.56 Å². The van der Waals surface area contributed by atoms with Crippen molar-refractivity contribution in [2.75, 3.05) is 0 Å². The molecular formula is C19H18N4O4. The minimum absolute atomic E-state index is 0.0160. The Labute approximate surface area is 155 Å². The number of phenolic OH excluding ortho intramolecular Hbond substituents is 1. The van der Waals surface area contributed by atoms with Crippen LogP contribution in [0.2, 0.25) is 0 Å². The van der Waals surface area contributed by atoms with Gasteiger partial charge < -0.3 is 15.3 Å². The Hall–Kier alpha value is -3.68. The molecule has 1 aromatic heterocycles. The Morgan fingerprint density at radius 2 is 1.67 bits per heavy atom. The van der Waals surface area contributed by atoms with Gasteiger partial charge in [-0.2, -0.15) is 9.78 Å². The van der Waals surface area contributed by atoms with E-state index in [2.05, 4.69) is 15.3 Å². The molecule has 0 radical (unpaired) electrons. The molecule has 0 atom stereocenters. The van der Waals surface area contributed by atoms with Gasteiger partial charge in [-0.1, -0.05) is 17.7 Å². The monoisotopic (exact) mass is 366 g/mol. The van der Waals surface area contributed by atoms with Crippen LogP contribution in [0.5, 0.6) is 11.6 Å². The molecule has 3 N–H and O–H groups in total. The number of hydrogen-bond acceptors (Lipinski definition) is 6. The van der Waals surface area contributed by atoms with E-state index in [1.54, 1.807) is 6.92 Å². The molecule has 8 nitrogen and oxygen atoms in total. The van der Waals surface area contributed by atoms with Crippen LogP contribution in [-0.2, 0) is 0 Å². The summed E-state index contributed by atoms with van der Waals surface area (Å²) in [7, 11) is 0. The number of azo groups is 1. The number of aromatic nitrogens is 2. The predicted molar refractivity (Wildman–Crippen MR) is 98.7 cm³/mol. The van der Waals surface area contributed by atoms with Crippen molar-refractivity contribution in [3.05, 3.63) is 58.8 Å². The second-order valence-electron chi connectivity index (χ2n) is 6.12. The maximum Gasteiger partial charge on any atom is 0.336 e. The molecule has 138 valence electrons. The zero-order valence-corrected chi connectivity index (χ0v) is 15.0. The Kier molecular flexibility index (Phi) is 4.64. The predicted octanol–water partition coefficient (Wildman–Crippen LogP) is 4.32. The Morgan fingerprint density at radius 3 is 2.30 bits per heavy atom. The summed E-state index contributed by atoms with van der Waals surface area (Å²) in [6.45, 7) is 5.12. The van der Waals surface area contributed by atoms with E-state index >= 15 is 0 Å². The fourth-order valence-electron chi connectivity index (χ4n) is 2.59. The topological polar surface area (TPSA) is 120 Å². The van der Waals surface area contributed by atoms with Crippen molar-refractivity contribution in [1.29, 1.82) is 0 Å². The molecule has 0 aliphatic rings. The third-order valence-corrected chi connectivity index (χ3v) is 4.18. The number of hydrogen-bond donors (Lipinski definition) is 3. The number of phenols is 1. The Bertz CT molecular complexity index is 1050. The van der Waals surface area contributed by atoms with Gasteiger partial charge in [-0.05, 0) is 45.0 Å². The van der Waals surface area contributed by atoms with Crippen LogP contribution in [0.15, 0.2) is 46.6 Å². The number of carboxylic acid groups (broad SMARTS) is 1. The Morgan fingerprint density at radius 1 is 1.00 bits per heavy atom. The van der Waals surface area contributed by atoms with Gasteiger partial charge in [0.2, 0.25) is 5.88 Å². The van der Waals surface area contributed by atoms with E-state index in [-0.39, 0.29) is 34.1 Å². The first-order chi connectivity index (χ1) is 12.8. The third-order valence-electron chi connectivity index (χ3n) is 4.18. The van der Waals surface area contributed by atoms with Crippen LogP contribution in [0.1, 0.15) is 27.2 Å². The quantitative estimate of drug-likeness (QED) is 0.594. The lowest BCUT2D eigenvalue weighted by atomic mass is 10.1. The number of aromatic carboxylic acids is 1. The lowest BCUT2D eigenvalue weighted by molar-refractivity contribution is 0.0695. The molecule has 2 aromatic carbocycles. The summed E-state index contributed by atoms with van der Waals surface area (Å²) < 4.78 is 1.35. The van der Waals surface area contributed by atoms with E-state index in [4.69, 9.17) is 5.11 Å². The minimum Gasteiger partial charge on any atom is -0.505 e. The largest absolute Gasteiger partial charge is 0.505 e. The summed E-state index contributed by atoms with van der Waals surface area (Å²) in [5.74, 6) is -1.60. The third kappa shape index (κ3) is 3.37. The van der Waals surface area contributed by atoms with Crippen LogP contribution < -0.4 is 0 Å². The van der Waals surface area contributed by atoms with Gasteiger partial charge in [-0.3, -0.25) is 0 Å². The molecule has 8 heteroatoms. The van der Waals surface area contributed by atoms with Gasteiger partial charge in [0, 0.05) is 5.56 Å². The molecule has 0 aliphatic heterocycles. The van der Waals surface area contributed by atoms with Crippen molar-refractivity contribution < 1.29 is 20.1 Å². The van der Waals surface area contributed by atoms with Crippen molar-refractivity contribution in [3.63, 3.8) is 0 Å². The van der Waals surface area contributed by atoms with E-state index in [1.807, 2.05) is 31.2 Å². The summed E-state index contributed by atoms with van der Waals surface area (Å²) in [6, 6.07) is 10.1. The normalized spacial score (nSPS) is 11.2. The summed E-state index contributed by atoms with van der Waals surface area (Å²) >= 11 is 0. The van der Waals surface area contributed by atoms with Gasteiger partial charge in [-0.25, -0.2) is 4.79 Å². The maximum absolute atomic E-state index is 11.1. The summed E-state index contributed by atoms with van der Waals surface area (Å²) in [5.41, 5.74) is 2.64. The number of carboxylic acids is 1. The highest BCUT2D eigenvalue weighted by molar-refractivity contribution is 5.91. The molecule has 0 bridgehead atoms. The van der Waals surface area contributed by atoms with Crippen LogP contribution >= 0.6 is 0 Å². The van der Waals surface area contributed by atoms with Crippen molar-refractivity contribution in [2.45, 2.75) is 20.8 Å². The first-order valence-corrected chi connectivity index (χ1v) is 8.13. The van der Waals surface area contributed by atoms with Crippen LogP contribution in [0.3, 0.4) is 0 Å². The summed E-state index contributed by atoms with van der Waals surface area (Å²) in [4.78, 5) is 11.1. The highest BCUT2D eigenvalue weighted by Gasteiger charge is 2.17. The average Bonchev–Trinajstić information content (AvgIpc) is 2.91. The van der Waals surface area contributed by atoms with E-state index < -0.39 is 5.97 Å². The van der Waals surface area contributed by atoms with Crippen molar-refractivity contribution >= 4 is 17.3 Å². The van der Waals surface area contributed by atoms with Gasteiger partial charge in [0.1, 0.15) is 11.4 Å². The van der Waals surface area contributed by atoms with E-state index in [9.17, 15) is 15.0 Å². The van der Waals surface area contributed by atoms with Crippen LogP contribution in [0.25, 0.3) is 5.69 Å². The first kappa shape index (κ1) is 18.1. The molecule has 0 aliphatic carbocycles. The SMILES string of the molecule is Cc1ccc(-n2nc(C)c(N=Nc3ccc(C(=O)O)c(C)c3O)c2O)cc1. The van der Waals surface area contributed by atoms with Gasteiger partial charge in [0.25, 0.3) is 0 Å². The maximum atomic E-state index is 11.1. The second-order valence-corrected chi connectivity index (χ2v) is 6.12. The lowest BCUT2D eigenvalue weighted by Gasteiger charge is -2.05. The average molecular weight is 366 g/mol. The zero-order valence-electron chi connectivity index (χ0n) is 15.0. The van der Waals surface area contributed by atoms with Crippen LogP contribution in [-0.4, -0.2) is 31.1 Å². The first-order valence-electron chi connectivity index (χ1n) is 8.13. The molecule has 1 heterocycles. The van der Waals surface area contributed by atoms with Gasteiger partial charge in [-0.15, -0.1) is 10.2 Å². The van der Waals surface area contributed by atoms with Crippen molar-refractivity contribution in [3.8, 4) is 17.3 Å². The minimum atomic E-state index is -1.14. The molecule has 0 saturated heterocycles. The number of nitrogens with zero attached hydrogens (tertiary/aromatic N) is 4. The molecule has 0 saturated carbocycles. The summed E-state index contributed by atoms with van der Waals surface area (Å²) in [6.07, 6.45) is 0. The smallest absolute Gasteiger partial charge is 0.336 e. The fourth-order valence-corrected chi connectivity index (χ4v) is 2.59. The van der Waals surface area contributed by atoms with Gasteiger partial charge >= 0.3 is 5.97 Å². The second kappa shape index (κ2) is 6.91. The molecule has 0 amide bonds.